The van der Waals surface area contributed by atoms with Gasteiger partial charge in [-0.25, -0.2) is 4.98 Å². The lowest BCUT2D eigenvalue weighted by Crippen LogP contribution is -2.36. The molecule has 1 aliphatic heterocycles. The van der Waals surface area contributed by atoms with Gasteiger partial charge in [0.2, 0.25) is 0 Å². The molecule has 0 amide bonds. The quantitative estimate of drug-likeness (QED) is 0.668. The van der Waals surface area contributed by atoms with Crippen LogP contribution in [0.1, 0.15) is 0 Å². The lowest BCUT2D eigenvalue weighted by molar-refractivity contribution is 0.121. The van der Waals surface area contributed by atoms with Gasteiger partial charge >= 0.3 is 0 Å². The van der Waals surface area contributed by atoms with Crippen molar-refractivity contribution in [2.24, 2.45) is 0 Å². The summed E-state index contributed by atoms with van der Waals surface area (Å²) in [6.45, 7) is 2.67. The molecular formula is C18H15ClN2O3. The largest absolute Gasteiger partial charge is 0.440 e. The van der Waals surface area contributed by atoms with Crippen LogP contribution in [0, 0.1) is 0 Å². The first-order valence-corrected chi connectivity index (χ1v) is 8.12. The molecule has 0 unspecified atom stereocenters. The van der Waals surface area contributed by atoms with Gasteiger partial charge in [-0.3, -0.25) is 4.79 Å². The van der Waals surface area contributed by atoms with Crippen LogP contribution in [-0.2, 0) is 4.74 Å². The molecule has 0 saturated carbocycles. The van der Waals surface area contributed by atoms with Crippen molar-refractivity contribution in [3.8, 4) is 11.1 Å². The molecular weight excluding hydrogens is 328 g/mol. The molecule has 1 saturated heterocycles. The monoisotopic (exact) mass is 342 g/mol. The summed E-state index contributed by atoms with van der Waals surface area (Å²) in [6.07, 6.45) is 1.64. The third-order valence-corrected chi connectivity index (χ3v) is 4.31. The van der Waals surface area contributed by atoms with Crippen LogP contribution in [0.2, 0.25) is 5.15 Å². The SMILES string of the molecule is O=c1cc(N2CCOCC2)oc2c(-c3ccnc(Cl)c3)cccc12. The highest BCUT2D eigenvalue weighted by molar-refractivity contribution is 6.29. The number of hydrogen-bond donors (Lipinski definition) is 0. The topological polar surface area (TPSA) is 55.6 Å². The van der Waals surface area contributed by atoms with Crippen molar-refractivity contribution < 1.29 is 9.15 Å². The van der Waals surface area contributed by atoms with Crippen LogP contribution in [0.3, 0.4) is 0 Å². The molecule has 0 spiro atoms. The van der Waals surface area contributed by atoms with Crippen LogP contribution >= 0.6 is 11.6 Å². The number of halogens is 1. The van der Waals surface area contributed by atoms with Gasteiger partial charge < -0.3 is 14.1 Å². The van der Waals surface area contributed by atoms with Gasteiger partial charge in [0.1, 0.15) is 10.7 Å². The molecule has 0 aliphatic carbocycles. The average molecular weight is 343 g/mol. The van der Waals surface area contributed by atoms with Crippen LogP contribution in [0.15, 0.2) is 51.8 Å². The van der Waals surface area contributed by atoms with Gasteiger partial charge in [0, 0.05) is 30.9 Å². The minimum atomic E-state index is -0.0558. The number of hydrogen-bond acceptors (Lipinski definition) is 5. The number of aromatic nitrogens is 1. The summed E-state index contributed by atoms with van der Waals surface area (Å²) < 4.78 is 11.5. The number of fused-ring (bicyclic) bond motifs is 1. The number of benzene rings is 1. The molecule has 1 aromatic carbocycles. The Kier molecular flexibility index (Phi) is 3.96. The maximum atomic E-state index is 12.5. The van der Waals surface area contributed by atoms with Gasteiger partial charge in [-0.2, -0.15) is 0 Å². The summed E-state index contributed by atoms with van der Waals surface area (Å²) in [5.41, 5.74) is 2.19. The minimum absolute atomic E-state index is 0.0558. The van der Waals surface area contributed by atoms with Crippen molar-refractivity contribution in [1.29, 1.82) is 0 Å². The number of ether oxygens (including phenoxy) is 1. The van der Waals surface area contributed by atoms with Crippen LogP contribution in [0.5, 0.6) is 0 Å². The molecule has 122 valence electrons. The Labute approximate surface area is 143 Å². The van der Waals surface area contributed by atoms with Crippen LogP contribution in [0.25, 0.3) is 22.1 Å². The van der Waals surface area contributed by atoms with Gasteiger partial charge in [-0.05, 0) is 23.8 Å². The van der Waals surface area contributed by atoms with E-state index in [2.05, 4.69) is 4.98 Å². The smallest absolute Gasteiger partial charge is 0.200 e. The molecule has 6 heteroatoms. The van der Waals surface area contributed by atoms with E-state index >= 15 is 0 Å². The molecule has 4 rings (SSSR count). The molecule has 0 atom stereocenters. The van der Waals surface area contributed by atoms with Gasteiger partial charge in [0.05, 0.1) is 18.6 Å². The number of para-hydroxylation sites is 1. The highest BCUT2D eigenvalue weighted by Gasteiger charge is 2.17. The minimum Gasteiger partial charge on any atom is -0.440 e. The summed E-state index contributed by atoms with van der Waals surface area (Å²) in [7, 11) is 0. The third-order valence-electron chi connectivity index (χ3n) is 4.10. The van der Waals surface area contributed by atoms with E-state index in [4.69, 9.17) is 20.8 Å². The standard InChI is InChI=1S/C18H15ClN2O3/c19-16-10-12(4-5-20-16)13-2-1-3-14-15(22)11-17(24-18(13)14)21-6-8-23-9-7-21/h1-5,10-11H,6-9H2. The molecule has 2 aromatic heterocycles. The first-order valence-electron chi connectivity index (χ1n) is 7.74. The molecule has 3 heterocycles. The van der Waals surface area contributed by atoms with Crippen molar-refractivity contribution in [2.75, 3.05) is 31.2 Å². The summed E-state index contributed by atoms with van der Waals surface area (Å²) >= 11 is 6.00. The second-order valence-electron chi connectivity index (χ2n) is 5.60. The van der Waals surface area contributed by atoms with Gasteiger partial charge in [0.25, 0.3) is 0 Å². The highest BCUT2D eigenvalue weighted by atomic mass is 35.5. The maximum Gasteiger partial charge on any atom is 0.200 e. The molecule has 1 fully saturated rings. The van der Waals surface area contributed by atoms with Crippen molar-refractivity contribution in [3.63, 3.8) is 0 Å². The fraction of sp³-hybridized carbons (Fsp3) is 0.222. The predicted octanol–water partition coefficient (Wildman–Crippen LogP) is 3.35. The zero-order valence-corrected chi connectivity index (χ0v) is 13.6. The van der Waals surface area contributed by atoms with E-state index < -0.39 is 0 Å². The number of morpholine rings is 1. The summed E-state index contributed by atoms with van der Waals surface area (Å²) in [6, 6.07) is 10.7. The number of rotatable bonds is 2. The van der Waals surface area contributed by atoms with E-state index in [-0.39, 0.29) is 5.43 Å². The van der Waals surface area contributed by atoms with E-state index in [1.807, 2.05) is 23.1 Å². The fourth-order valence-corrected chi connectivity index (χ4v) is 3.08. The maximum absolute atomic E-state index is 12.5. The van der Waals surface area contributed by atoms with Gasteiger partial charge in [0.15, 0.2) is 11.3 Å². The normalized spacial score (nSPS) is 15.0. The fourth-order valence-electron chi connectivity index (χ4n) is 2.90. The zero-order valence-electron chi connectivity index (χ0n) is 12.9. The molecule has 3 aromatic rings. The van der Waals surface area contributed by atoms with Crippen molar-refractivity contribution >= 4 is 28.5 Å². The summed E-state index contributed by atoms with van der Waals surface area (Å²) in [5, 5.41) is 0.952. The Morgan fingerprint density at radius 3 is 2.75 bits per heavy atom. The highest BCUT2D eigenvalue weighted by Crippen LogP contribution is 2.30. The lowest BCUT2D eigenvalue weighted by Gasteiger charge is -2.27. The van der Waals surface area contributed by atoms with Gasteiger partial charge in [-0.15, -0.1) is 0 Å². The van der Waals surface area contributed by atoms with Crippen molar-refractivity contribution in [1.82, 2.24) is 4.98 Å². The Morgan fingerprint density at radius 2 is 1.96 bits per heavy atom. The van der Waals surface area contributed by atoms with Crippen molar-refractivity contribution in [3.05, 3.63) is 58.0 Å². The zero-order chi connectivity index (χ0) is 16.5. The number of pyridine rings is 1. The molecule has 1 aliphatic rings. The predicted molar refractivity (Wildman–Crippen MR) is 93.8 cm³/mol. The van der Waals surface area contributed by atoms with Crippen LogP contribution in [0.4, 0.5) is 5.88 Å². The van der Waals surface area contributed by atoms with E-state index in [0.29, 0.717) is 48.3 Å². The number of nitrogens with zero attached hydrogens (tertiary/aromatic N) is 2. The molecule has 0 bridgehead atoms. The summed E-state index contributed by atoms with van der Waals surface area (Å²) in [5.74, 6) is 0.573. The Bertz CT molecular complexity index is 948. The first kappa shape index (κ1) is 15.2. The van der Waals surface area contributed by atoms with Crippen LogP contribution < -0.4 is 10.3 Å². The molecule has 0 N–H and O–H groups in total. The van der Waals surface area contributed by atoms with Crippen LogP contribution in [-0.4, -0.2) is 31.3 Å². The van der Waals surface area contributed by atoms with E-state index in [0.717, 1.165) is 11.1 Å². The van der Waals surface area contributed by atoms with E-state index in [1.54, 1.807) is 24.4 Å². The second kappa shape index (κ2) is 6.26. The first-order chi connectivity index (χ1) is 11.7. The molecule has 24 heavy (non-hydrogen) atoms. The summed E-state index contributed by atoms with van der Waals surface area (Å²) in [4.78, 5) is 18.6. The molecule has 5 nitrogen and oxygen atoms in total. The lowest BCUT2D eigenvalue weighted by atomic mass is 10.0. The number of anilines is 1. The van der Waals surface area contributed by atoms with E-state index in [1.165, 1.54) is 0 Å². The Morgan fingerprint density at radius 1 is 1.12 bits per heavy atom. The van der Waals surface area contributed by atoms with E-state index in [9.17, 15) is 4.79 Å². The van der Waals surface area contributed by atoms with Crippen molar-refractivity contribution in [2.45, 2.75) is 0 Å². The Hall–Kier alpha value is -2.37. The third kappa shape index (κ3) is 2.77. The Balaban J connectivity index is 1.91. The van der Waals surface area contributed by atoms with Gasteiger partial charge in [-0.1, -0.05) is 23.7 Å². The second-order valence-corrected chi connectivity index (χ2v) is 5.99. The molecule has 0 radical (unpaired) electrons. The average Bonchev–Trinajstić information content (AvgIpc) is 2.62.